The van der Waals surface area contributed by atoms with E-state index in [-0.39, 0.29) is 6.73 Å². The van der Waals surface area contributed by atoms with Crippen molar-refractivity contribution in [2.75, 3.05) is 0 Å². The fourth-order valence-electron chi connectivity index (χ4n) is 0.507. The average Bonchev–Trinajstić information content (AvgIpc) is 2.34. The van der Waals surface area contributed by atoms with Crippen molar-refractivity contribution in [1.82, 2.24) is 9.78 Å². The van der Waals surface area contributed by atoms with E-state index >= 15 is 0 Å². The van der Waals surface area contributed by atoms with Crippen molar-refractivity contribution in [3.63, 3.8) is 0 Å². The Bertz CT molecular complexity index is 207. The van der Waals surface area contributed by atoms with Crippen LogP contribution in [0.25, 0.3) is 0 Å². The van der Waals surface area contributed by atoms with Crippen molar-refractivity contribution >= 4 is 6.09 Å². The van der Waals surface area contributed by atoms with Crippen LogP contribution >= 0.6 is 0 Å². The monoisotopic (exact) mass is 141 g/mol. The van der Waals surface area contributed by atoms with Crippen LogP contribution in [0.15, 0.2) is 18.5 Å². The number of nitrogens with zero attached hydrogens (tertiary/aromatic N) is 2. The van der Waals surface area contributed by atoms with Gasteiger partial charge in [0.2, 0.25) is 0 Å². The Morgan fingerprint density at radius 1 is 1.80 bits per heavy atom. The van der Waals surface area contributed by atoms with Crippen molar-refractivity contribution in [2.45, 2.75) is 6.73 Å². The lowest BCUT2D eigenvalue weighted by atomic mass is 10.8. The maximum absolute atomic E-state index is 10.1. The molecule has 0 unspecified atom stereocenters. The topological polar surface area (TPSA) is 70.1 Å². The Balaban J connectivity index is 2.35. The molecule has 0 bridgehead atoms. The predicted octanol–water partition coefficient (Wildman–Crippen LogP) is -0.0641. The minimum atomic E-state index is -0.796. The Kier molecular flexibility index (Phi) is 1.89. The van der Waals surface area contributed by atoms with Gasteiger partial charge in [-0.25, -0.2) is 9.48 Å². The summed E-state index contributed by atoms with van der Waals surface area (Å²) in [5, 5.41) is 3.77. The summed E-state index contributed by atoms with van der Waals surface area (Å²) < 4.78 is 5.87. The molecule has 0 saturated carbocycles. The molecule has 2 N–H and O–H groups in total. The van der Waals surface area contributed by atoms with E-state index in [0.29, 0.717) is 0 Å². The SMILES string of the molecule is NC(=O)OCn1cccn1. The van der Waals surface area contributed by atoms with Crippen LogP contribution in [0, 0.1) is 0 Å². The summed E-state index contributed by atoms with van der Waals surface area (Å²) in [5.41, 5.74) is 4.71. The second kappa shape index (κ2) is 2.86. The first-order valence-corrected chi connectivity index (χ1v) is 2.68. The van der Waals surface area contributed by atoms with Crippen molar-refractivity contribution in [1.29, 1.82) is 0 Å². The normalized spacial score (nSPS) is 9.20. The Morgan fingerprint density at radius 2 is 2.60 bits per heavy atom. The lowest BCUT2D eigenvalue weighted by Crippen LogP contribution is -2.15. The molecule has 1 amide bonds. The molecular formula is C5H7N3O2. The third-order valence-electron chi connectivity index (χ3n) is 0.898. The standard InChI is InChI=1S/C5H7N3O2/c6-5(9)10-4-8-3-1-2-7-8/h1-3H,4H2,(H2,6,9). The van der Waals surface area contributed by atoms with E-state index in [4.69, 9.17) is 5.73 Å². The van der Waals surface area contributed by atoms with Crippen molar-refractivity contribution < 1.29 is 9.53 Å². The van der Waals surface area contributed by atoms with Gasteiger partial charge in [0.1, 0.15) is 0 Å². The number of nitrogens with two attached hydrogens (primary N) is 1. The molecule has 1 rings (SSSR count). The molecular weight excluding hydrogens is 134 g/mol. The fourth-order valence-corrected chi connectivity index (χ4v) is 0.507. The highest BCUT2D eigenvalue weighted by atomic mass is 16.6. The lowest BCUT2D eigenvalue weighted by Gasteiger charge is -1.98. The van der Waals surface area contributed by atoms with Crippen molar-refractivity contribution in [2.24, 2.45) is 5.73 Å². The van der Waals surface area contributed by atoms with Crippen LogP contribution in [0.5, 0.6) is 0 Å². The number of hydrogen-bond acceptors (Lipinski definition) is 3. The third-order valence-corrected chi connectivity index (χ3v) is 0.898. The maximum Gasteiger partial charge on any atom is 0.406 e. The molecule has 0 radical (unpaired) electrons. The molecule has 0 atom stereocenters. The molecule has 0 saturated heterocycles. The fraction of sp³-hybridized carbons (Fsp3) is 0.200. The van der Waals surface area contributed by atoms with Crippen LogP contribution in [-0.2, 0) is 11.5 Å². The van der Waals surface area contributed by atoms with Gasteiger partial charge < -0.3 is 10.5 Å². The van der Waals surface area contributed by atoms with Crippen LogP contribution in [0.2, 0.25) is 0 Å². The van der Waals surface area contributed by atoms with Crippen LogP contribution < -0.4 is 5.73 Å². The second-order valence-corrected chi connectivity index (χ2v) is 1.64. The molecule has 0 spiro atoms. The Morgan fingerprint density at radius 3 is 3.10 bits per heavy atom. The highest BCUT2D eigenvalue weighted by Gasteiger charge is 1.92. The molecule has 5 nitrogen and oxygen atoms in total. The molecule has 10 heavy (non-hydrogen) atoms. The number of ether oxygens (including phenoxy) is 1. The van der Waals surface area contributed by atoms with Crippen molar-refractivity contribution in [3.05, 3.63) is 18.5 Å². The quantitative estimate of drug-likeness (QED) is 0.627. The highest BCUT2D eigenvalue weighted by Crippen LogP contribution is 1.84. The molecule has 54 valence electrons. The smallest absolute Gasteiger partial charge is 0.406 e. The number of carbonyl (C=O) groups is 1. The van der Waals surface area contributed by atoms with E-state index in [2.05, 4.69) is 9.84 Å². The van der Waals surface area contributed by atoms with Crippen LogP contribution in [0.4, 0.5) is 4.79 Å². The second-order valence-electron chi connectivity index (χ2n) is 1.64. The average molecular weight is 141 g/mol. The van der Waals surface area contributed by atoms with Gasteiger partial charge in [0, 0.05) is 12.4 Å². The van der Waals surface area contributed by atoms with Crippen LogP contribution in [0.1, 0.15) is 0 Å². The minimum Gasteiger partial charge on any atom is -0.426 e. The molecule has 1 heterocycles. The predicted molar refractivity (Wildman–Crippen MR) is 32.9 cm³/mol. The lowest BCUT2D eigenvalue weighted by molar-refractivity contribution is 0.117. The molecule has 1 aromatic rings. The highest BCUT2D eigenvalue weighted by molar-refractivity contribution is 5.64. The summed E-state index contributed by atoms with van der Waals surface area (Å²) >= 11 is 0. The summed E-state index contributed by atoms with van der Waals surface area (Å²) in [6.45, 7) is 0.0718. The third kappa shape index (κ3) is 1.77. The zero-order chi connectivity index (χ0) is 7.40. The van der Waals surface area contributed by atoms with E-state index in [0.717, 1.165) is 0 Å². The number of aromatic nitrogens is 2. The van der Waals surface area contributed by atoms with Gasteiger partial charge in [0.15, 0.2) is 6.73 Å². The summed E-state index contributed by atoms with van der Waals surface area (Å²) in [5.74, 6) is 0. The van der Waals surface area contributed by atoms with E-state index < -0.39 is 6.09 Å². The van der Waals surface area contributed by atoms with Crippen molar-refractivity contribution in [3.8, 4) is 0 Å². The van der Waals surface area contributed by atoms with E-state index in [9.17, 15) is 4.79 Å². The Hall–Kier alpha value is -1.52. The van der Waals surface area contributed by atoms with Gasteiger partial charge in [0.25, 0.3) is 0 Å². The van der Waals surface area contributed by atoms with Gasteiger partial charge in [-0.1, -0.05) is 0 Å². The van der Waals surface area contributed by atoms with Gasteiger partial charge in [0.05, 0.1) is 0 Å². The number of amides is 1. The van der Waals surface area contributed by atoms with E-state index in [1.807, 2.05) is 0 Å². The van der Waals surface area contributed by atoms with E-state index in [1.54, 1.807) is 18.5 Å². The summed E-state index contributed by atoms with van der Waals surface area (Å²) in [6.07, 6.45) is 2.46. The van der Waals surface area contributed by atoms with Gasteiger partial charge in [-0.15, -0.1) is 0 Å². The van der Waals surface area contributed by atoms with E-state index in [1.165, 1.54) is 4.68 Å². The van der Waals surface area contributed by atoms with Gasteiger partial charge in [-0.2, -0.15) is 5.10 Å². The number of primary amides is 1. The van der Waals surface area contributed by atoms with Gasteiger partial charge >= 0.3 is 6.09 Å². The van der Waals surface area contributed by atoms with Gasteiger partial charge in [-0.05, 0) is 6.07 Å². The summed E-state index contributed by atoms with van der Waals surface area (Å²) in [4.78, 5) is 10.1. The first kappa shape index (κ1) is 6.60. The Labute approximate surface area is 57.4 Å². The molecule has 0 aliphatic carbocycles. The molecule has 1 aromatic heterocycles. The minimum absolute atomic E-state index is 0.0718. The molecule has 0 aliphatic heterocycles. The van der Waals surface area contributed by atoms with Crippen LogP contribution in [0.3, 0.4) is 0 Å². The zero-order valence-electron chi connectivity index (χ0n) is 5.23. The molecule has 0 aliphatic rings. The first-order chi connectivity index (χ1) is 4.79. The molecule has 5 heteroatoms. The largest absolute Gasteiger partial charge is 0.426 e. The first-order valence-electron chi connectivity index (χ1n) is 2.68. The molecule has 0 aromatic carbocycles. The summed E-state index contributed by atoms with van der Waals surface area (Å²) in [7, 11) is 0. The zero-order valence-corrected chi connectivity index (χ0v) is 5.23. The summed E-state index contributed by atoms with van der Waals surface area (Å²) in [6, 6.07) is 1.73. The number of carbonyl (C=O) groups excluding carboxylic acids is 1. The maximum atomic E-state index is 10.1. The van der Waals surface area contributed by atoms with Crippen LogP contribution in [-0.4, -0.2) is 15.9 Å². The molecule has 0 fully saturated rings. The number of rotatable bonds is 2. The number of hydrogen-bond donors (Lipinski definition) is 1. The van der Waals surface area contributed by atoms with Gasteiger partial charge in [-0.3, -0.25) is 0 Å².